The van der Waals surface area contributed by atoms with E-state index in [1.165, 1.54) is 5.56 Å². The van der Waals surface area contributed by atoms with Gasteiger partial charge in [0.2, 0.25) is 0 Å². The van der Waals surface area contributed by atoms with E-state index in [0.29, 0.717) is 11.6 Å². The average molecular weight is 333 g/mol. The topological polar surface area (TPSA) is 73.3 Å². The molecule has 0 radical (unpaired) electrons. The molecule has 2 aromatic heterocycles. The third-order valence-electron chi connectivity index (χ3n) is 4.73. The van der Waals surface area contributed by atoms with Crippen molar-refractivity contribution < 1.29 is 0 Å². The van der Waals surface area contributed by atoms with Crippen LogP contribution in [-0.4, -0.2) is 50.9 Å². The minimum atomic E-state index is 0.496. The summed E-state index contributed by atoms with van der Waals surface area (Å²) >= 11 is 0. The van der Waals surface area contributed by atoms with Crippen LogP contribution in [0.15, 0.2) is 36.4 Å². The molecule has 0 N–H and O–H groups in total. The standard InChI is InChI=1S/C18H19N7/c1-13-20-21-17-7-8-18(22-25(13)17)24-11-16(12-24)23(2)10-15-5-3-14(9-19)4-6-15/h3-8,16H,10-12H2,1-2H3. The first-order valence-electron chi connectivity index (χ1n) is 8.27. The fourth-order valence-corrected chi connectivity index (χ4v) is 3.08. The molecule has 3 heterocycles. The summed E-state index contributed by atoms with van der Waals surface area (Å²) in [5.41, 5.74) is 2.70. The lowest BCUT2D eigenvalue weighted by Crippen LogP contribution is -2.58. The van der Waals surface area contributed by atoms with E-state index in [-0.39, 0.29) is 0 Å². The zero-order valence-electron chi connectivity index (χ0n) is 14.3. The van der Waals surface area contributed by atoms with Crippen molar-refractivity contribution >= 4 is 11.5 Å². The van der Waals surface area contributed by atoms with Gasteiger partial charge in [-0.25, -0.2) is 0 Å². The average Bonchev–Trinajstić information content (AvgIpc) is 2.95. The summed E-state index contributed by atoms with van der Waals surface area (Å²) in [6.07, 6.45) is 0. The van der Waals surface area contributed by atoms with E-state index < -0.39 is 0 Å². The van der Waals surface area contributed by atoms with Crippen molar-refractivity contribution in [1.82, 2.24) is 24.7 Å². The van der Waals surface area contributed by atoms with Gasteiger partial charge in [0.1, 0.15) is 5.82 Å². The van der Waals surface area contributed by atoms with Gasteiger partial charge < -0.3 is 4.90 Å². The van der Waals surface area contributed by atoms with Crippen LogP contribution in [0.2, 0.25) is 0 Å². The number of hydrogen-bond donors (Lipinski definition) is 0. The Balaban J connectivity index is 1.38. The molecule has 0 amide bonds. The number of aryl methyl sites for hydroxylation is 1. The summed E-state index contributed by atoms with van der Waals surface area (Å²) in [5, 5.41) is 21.6. The monoisotopic (exact) mass is 333 g/mol. The lowest BCUT2D eigenvalue weighted by atomic mass is 10.1. The van der Waals surface area contributed by atoms with Crippen molar-refractivity contribution in [2.24, 2.45) is 0 Å². The van der Waals surface area contributed by atoms with Crippen molar-refractivity contribution in [3.8, 4) is 6.07 Å². The number of hydrogen-bond acceptors (Lipinski definition) is 6. The maximum absolute atomic E-state index is 8.87. The zero-order valence-corrected chi connectivity index (χ0v) is 14.3. The molecule has 0 aliphatic carbocycles. The Morgan fingerprint density at radius 3 is 2.64 bits per heavy atom. The minimum Gasteiger partial charge on any atom is -0.352 e. The van der Waals surface area contributed by atoms with Gasteiger partial charge in [0.25, 0.3) is 0 Å². The number of rotatable bonds is 4. The minimum absolute atomic E-state index is 0.496. The lowest BCUT2D eigenvalue weighted by molar-refractivity contribution is 0.196. The number of likely N-dealkylation sites (N-methyl/N-ethyl adjacent to an activating group) is 1. The van der Waals surface area contributed by atoms with Gasteiger partial charge in [-0.3, -0.25) is 4.90 Å². The van der Waals surface area contributed by atoms with Gasteiger partial charge in [0.05, 0.1) is 11.6 Å². The SMILES string of the molecule is Cc1nnc2ccc(N3CC(N(C)Cc4ccc(C#N)cc4)C3)nn12. The van der Waals surface area contributed by atoms with Crippen LogP contribution < -0.4 is 4.90 Å². The van der Waals surface area contributed by atoms with Crippen LogP contribution in [-0.2, 0) is 6.54 Å². The third kappa shape index (κ3) is 2.92. The van der Waals surface area contributed by atoms with Crippen molar-refractivity contribution in [3.63, 3.8) is 0 Å². The molecule has 1 aromatic carbocycles. The van der Waals surface area contributed by atoms with Crippen LogP contribution in [0.25, 0.3) is 5.65 Å². The van der Waals surface area contributed by atoms with Gasteiger partial charge in [-0.05, 0) is 43.8 Å². The highest BCUT2D eigenvalue weighted by molar-refractivity contribution is 5.48. The molecule has 0 spiro atoms. The van der Waals surface area contributed by atoms with E-state index in [2.05, 4.69) is 38.2 Å². The van der Waals surface area contributed by atoms with Crippen molar-refractivity contribution in [1.29, 1.82) is 5.26 Å². The van der Waals surface area contributed by atoms with E-state index in [1.807, 2.05) is 43.3 Å². The van der Waals surface area contributed by atoms with E-state index in [4.69, 9.17) is 5.26 Å². The van der Waals surface area contributed by atoms with E-state index in [1.54, 1.807) is 4.52 Å². The first-order chi connectivity index (χ1) is 12.1. The molecule has 1 fully saturated rings. The summed E-state index contributed by atoms with van der Waals surface area (Å²) in [4.78, 5) is 4.61. The Morgan fingerprint density at radius 2 is 1.92 bits per heavy atom. The van der Waals surface area contributed by atoms with Crippen LogP contribution in [0.1, 0.15) is 17.0 Å². The van der Waals surface area contributed by atoms with Crippen LogP contribution in [0.4, 0.5) is 5.82 Å². The second-order valence-corrected chi connectivity index (χ2v) is 6.49. The first-order valence-corrected chi connectivity index (χ1v) is 8.27. The van der Waals surface area contributed by atoms with Crippen molar-refractivity contribution in [2.45, 2.75) is 19.5 Å². The normalized spacial score (nSPS) is 14.7. The van der Waals surface area contributed by atoms with Gasteiger partial charge in [0, 0.05) is 25.7 Å². The summed E-state index contributed by atoms with van der Waals surface area (Å²) in [7, 11) is 2.14. The highest BCUT2D eigenvalue weighted by atomic mass is 15.4. The van der Waals surface area contributed by atoms with Crippen molar-refractivity contribution in [3.05, 3.63) is 53.3 Å². The molecule has 4 rings (SSSR count). The Morgan fingerprint density at radius 1 is 1.16 bits per heavy atom. The Kier molecular flexibility index (Phi) is 3.82. The molecule has 7 nitrogen and oxygen atoms in total. The molecule has 0 bridgehead atoms. The zero-order chi connectivity index (χ0) is 17.4. The van der Waals surface area contributed by atoms with E-state index in [0.717, 1.165) is 36.9 Å². The maximum Gasteiger partial charge on any atom is 0.178 e. The number of aromatic nitrogens is 4. The number of nitriles is 1. The fourth-order valence-electron chi connectivity index (χ4n) is 3.08. The molecule has 126 valence electrons. The molecular formula is C18H19N7. The molecule has 7 heteroatoms. The van der Waals surface area contributed by atoms with Crippen molar-refractivity contribution in [2.75, 3.05) is 25.0 Å². The summed E-state index contributed by atoms with van der Waals surface area (Å²) in [6, 6.07) is 14.4. The fraction of sp³-hybridized carbons (Fsp3) is 0.333. The molecule has 3 aromatic rings. The van der Waals surface area contributed by atoms with Crippen LogP contribution in [0.5, 0.6) is 0 Å². The lowest BCUT2D eigenvalue weighted by Gasteiger charge is -2.44. The molecule has 25 heavy (non-hydrogen) atoms. The first kappa shape index (κ1) is 15.5. The van der Waals surface area contributed by atoms with Gasteiger partial charge in [-0.15, -0.1) is 15.3 Å². The summed E-state index contributed by atoms with van der Waals surface area (Å²) in [5.74, 6) is 1.75. The maximum atomic E-state index is 8.87. The Labute approximate surface area is 146 Å². The Bertz CT molecular complexity index is 932. The van der Waals surface area contributed by atoms with Gasteiger partial charge in [-0.2, -0.15) is 9.78 Å². The predicted molar refractivity (Wildman–Crippen MR) is 94.1 cm³/mol. The highest BCUT2D eigenvalue weighted by Crippen LogP contribution is 2.22. The van der Waals surface area contributed by atoms with E-state index >= 15 is 0 Å². The smallest absolute Gasteiger partial charge is 0.178 e. The third-order valence-corrected chi connectivity index (χ3v) is 4.73. The van der Waals surface area contributed by atoms with E-state index in [9.17, 15) is 0 Å². The molecule has 1 saturated heterocycles. The molecular weight excluding hydrogens is 314 g/mol. The van der Waals surface area contributed by atoms with Crippen LogP contribution in [0.3, 0.4) is 0 Å². The second kappa shape index (κ2) is 6.15. The molecule has 1 aliphatic heterocycles. The summed E-state index contributed by atoms with van der Waals surface area (Å²) < 4.78 is 1.78. The molecule has 1 aliphatic rings. The predicted octanol–water partition coefficient (Wildman–Crippen LogP) is 1.62. The summed E-state index contributed by atoms with van der Waals surface area (Å²) in [6.45, 7) is 4.68. The number of fused-ring (bicyclic) bond motifs is 1. The number of anilines is 1. The largest absolute Gasteiger partial charge is 0.352 e. The van der Waals surface area contributed by atoms with Gasteiger partial charge in [0.15, 0.2) is 11.5 Å². The number of benzene rings is 1. The van der Waals surface area contributed by atoms with Gasteiger partial charge in [-0.1, -0.05) is 12.1 Å². The quantitative estimate of drug-likeness (QED) is 0.722. The highest BCUT2D eigenvalue weighted by Gasteiger charge is 2.31. The molecule has 0 atom stereocenters. The van der Waals surface area contributed by atoms with Crippen LogP contribution >= 0.6 is 0 Å². The van der Waals surface area contributed by atoms with Gasteiger partial charge >= 0.3 is 0 Å². The second-order valence-electron chi connectivity index (χ2n) is 6.49. The Hall–Kier alpha value is -2.98. The van der Waals surface area contributed by atoms with Crippen LogP contribution in [0, 0.1) is 18.3 Å². The molecule has 0 unspecified atom stereocenters. The number of nitrogens with zero attached hydrogens (tertiary/aromatic N) is 7. The molecule has 0 saturated carbocycles.